The van der Waals surface area contributed by atoms with Crippen LogP contribution in [-0.4, -0.2) is 18.9 Å². The molecule has 0 unspecified atom stereocenters. The van der Waals surface area contributed by atoms with E-state index in [4.69, 9.17) is 25.8 Å². The zero-order valence-corrected chi connectivity index (χ0v) is 18.3. The Balaban J connectivity index is 1.82. The minimum absolute atomic E-state index is 0.0168. The lowest BCUT2D eigenvalue weighted by molar-refractivity contribution is 0.0480. The smallest absolute Gasteiger partial charge is 0.195 e. The van der Waals surface area contributed by atoms with Gasteiger partial charge in [0.05, 0.1) is 0 Å². The van der Waals surface area contributed by atoms with Gasteiger partial charge >= 0.3 is 0 Å². The molecule has 0 aliphatic rings. The van der Waals surface area contributed by atoms with Gasteiger partial charge in [0.15, 0.2) is 23.5 Å². The number of nitrogens with zero attached hydrogens (tertiary/aromatic N) is 1. The first-order valence-corrected chi connectivity index (χ1v) is 10.0. The number of ether oxygens (including phenoxy) is 3. The van der Waals surface area contributed by atoms with Crippen molar-refractivity contribution in [1.82, 2.24) is 4.98 Å². The highest BCUT2D eigenvalue weighted by atomic mass is 35.5. The Morgan fingerprint density at radius 2 is 1.73 bits per heavy atom. The van der Waals surface area contributed by atoms with Crippen molar-refractivity contribution in [2.45, 2.75) is 33.8 Å². The second kappa shape index (κ2) is 9.92. The van der Waals surface area contributed by atoms with Crippen molar-refractivity contribution in [2.75, 3.05) is 13.9 Å². The third-order valence-corrected chi connectivity index (χ3v) is 5.32. The third-order valence-electron chi connectivity index (χ3n) is 5.06. The van der Waals surface area contributed by atoms with Gasteiger partial charge < -0.3 is 14.2 Å². The second-order valence-corrected chi connectivity index (χ2v) is 7.50. The molecule has 4 nitrogen and oxygen atoms in total. The number of hydrogen-bond donors (Lipinski definition) is 0. The van der Waals surface area contributed by atoms with Crippen LogP contribution in [0.25, 0.3) is 0 Å². The molecule has 1 aromatic heterocycles. The lowest BCUT2D eigenvalue weighted by Crippen LogP contribution is -2.06. The van der Waals surface area contributed by atoms with Crippen molar-refractivity contribution in [2.24, 2.45) is 0 Å². The number of rotatable bonds is 8. The van der Waals surface area contributed by atoms with Gasteiger partial charge in [-0.2, -0.15) is 0 Å². The maximum absolute atomic E-state index is 14.4. The molecule has 0 bridgehead atoms. The fraction of sp³-hybridized carbons (Fsp3) is 0.292. The van der Waals surface area contributed by atoms with Crippen molar-refractivity contribution in [3.8, 4) is 11.5 Å². The van der Waals surface area contributed by atoms with Gasteiger partial charge in [-0.3, -0.25) is 0 Å². The summed E-state index contributed by atoms with van der Waals surface area (Å²) in [6.45, 7) is 6.50. The van der Waals surface area contributed by atoms with Gasteiger partial charge in [-0.05, 0) is 60.7 Å². The summed E-state index contributed by atoms with van der Waals surface area (Å²) < 4.78 is 30.4. The Kier molecular flexibility index (Phi) is 7.29. The molecule has 0 atom stereocenters. The van der Waals surface area contributed by atoms with Gasteiger partial charge in [-0.25, -0.2) is 9.37 Å². The van der Waals surface area contributed by atoms with Crippen LogP contribution in [0, 0.1) is 26.6 Å². The van der Waals surface area contributed by atoms with E-state index in [2.05, 4.69) is 4.98 Å². The summed E-state index contributed by atoms with van der Waals surface area (Å²) in [4.78, 5) is 4.31. The van der Waals surface area contributed by atoms with Crippen molar-refractivity contribution in [3.05, 3.63) is 86.9 Å². The second-order valence-electron chi connectivity index (χ2n) is 7.14. The van der Waals surface area contributed by atoms with E-state index >= 15 is 0 Å². The molecule has 30 heavy (non-hydrogen) atoms. The van der Waals surface area contributed by atoms with Crippen LogP contribution >= 0.6 is 11.6 Å². The Hall–Kier alpha value is -2.63. The van der Waals surface area contributed by atoms with Gasteiger partial charge in [0.2, 0.25) is 0 Å². The maximum atomic E-state index is 14.4. The molecule has 0 radical (unpaired) electrons. The van der Waals surface area contributed by atoms with Crippen molar-refractivity contribution in [1.29, 1.82) is 0 Å². The van der Waals surface area contributed by atoms with E-state index in [1.807, 2.05) is 57.2 Å². The molecule has 0 N–H and O–H groups in total. The van der Waals surface area contributed by atoms with E-state index in [1.54, 1.807) is 0 Å². The zero-order valence-electron chi connectivity index (χ0n) is 17.6. The molecule has 2 aromatic carbocycles. The fourth-order valence-corrected chi connectivity index (χ4v) is 3.55. The van der Waals surface area contributed by atoms with Crippen LogP contribution in [0.5, 0.6) is 11.5 Å². The van der Waals surface area contributed by atoms with Crippen molar-refractivity contribution >= 4 is 11.6 Å². The number of benzene rings is 2. The number of methoxy groups -OCH3 is 1. The van der Waals surface area contributed by atoms with Crippen molar-refractivity contribution < 1.29 is 18.6 Å². The topological polar surface area (TPSA) is 40.6 Å². The van der Waals surface area contributed by atoms with Crippen LogP contribution in [0.15, 0.2) is 42.5 Å². The largest absolute Gasteiger partial charge is 0.489 e. The number of aromatic nitrogens is 1. The highest BCUT2D eigenvalue weighted by molar-refractivity contribution is 6.30. The normalized spacial score (nSPS) is 10.9. The summed E-state index contributed by atoms with van der Waals surface area (Å²) in [7, 11) is 1.45. The molecule has 0 amide bonds. The molecule has 0 saturated heterocycles. The highest BCUT2D eigenvalue weighted by Crippen LogP contribution is 2.32. The predicted octanol–water partition coefficient (Wildman–Crippen LogP) is 5.95. The molecule has 3 aromatic rings. The van der Waals surface area contributed by atoms with Gasteiger partial charge in [0, 0.05) is 19.2 Å². The van der Waals surface area contributed by atoms with E-state index in [9.17, 15) is 4.39 Å². The van der Waals surface area contributed by atoms with E-state index in [0.717, 1.165) is 33.6 Å². The van der Waals surface area contributed by atoms with E-state index < -0.39 is 5.82 Å². The summed E-state index contributed by atoms with van der Waals surface area (Å²) >= 11 is 6.12. The van der Waals surface area contributed by atoms with Crippen LogP contribution < -0.4 is 9.47 Å². The monoisotopic (exact) mass is 429 g/mol. The van der Waals surface area contributed by atoms with Crippen LogP contribution in [0.3, 0.4) is 0 Å². The summed E-state index contributed by atoms with van der Waals surface area (Å²) in [5, 5.41) is -0.0168. The van der Waals surface area contributed by atoms with Gasteiger partial charge in [0.25, 0.3) is 0 Å². The summed E-state index contributed by atoms with van der Waals surface area (Å²) in [6.07, 6.45) is 0.457. The van der Waals surface area contributed by atoms with Crippen LogP contribution in [0.2, 0.25) is 5.15 Å². The van der Waals surface area contributed by atoms with Gasteiger partial charge in [-0.1, -0.05) is 41.9 Å². The van der Waals surface area contributed by atoms with E-state index in [0.29, 0.717) is 18.7 Å². The maximum Gasteiger partial charge on any atom is 0.195 e. The van der Waals surface area contributed by atoms with Gasteiger partial charge in [-0.15, -0.1) is 0 Å². The lowest BCUT2D eigenvalue weighted by atomic mass is 9.94. The van der Waals surface area contributed by atoms with Gasteiger partial charge in [0.1, 0.15) is 12.4 Å². The number of halogens is 2. The first-order chi connectivity index (χ1) is 14.4. The molecule has 0 saturated carbocycles. The number of aryl methyl sites for hydroxylation is 1. The highest BCUT2D eigenvalue weighted by Gasteiger charge is 2.17. The Bertz CT molecular complexity index is 1000. The van der Waals surface area contributed by atoms with Crippen LogP contribution in [-0.2, 0) is 17.8 Å². The SMILES string of the molecule is COCOc1c(F)cc(Cc2c(C)cc(OCc3ccccc3)c(C)c2C)nc1Cl. The van der Waals surface area contributed by atoms with Crippen molar-refractivity contribution in [3.63, 3.8) is 0 Å². The quantitative estimate of drug-likeness (QED) is 0.327. The zero-order chi connectivity index (χ0) is 21.7. The minimum Gasteiger partial charge on any atom is -0.489 e. The first kappa shape index (κ1) is 22.1. The molecule has 3 rings (SSSR count). The lowest BCUT2D eigenvalue weighted by Gasteiger charge is -2.18. The van der Waals surface area contributed by atoms with Crippen LogP contribution in [0.1, 0.15) is 33.5 Å². The standard InChI is InChI=1S/C24H25ClFNO3/c1-15-10-22(29-13-18-8-6-5-7-9-18)17(3)16(2)20(15)11-19-12-21(26)23(24(25)27-19)30-14-28-4/h5-10,12H,11,13-14H2,1-4H3. The molecular weight excluding hydrogens is 405 g/mol. The molecular formula is C24H25ClFNO3. The predicted molar refractivity (Wildman–Crippen MR) is 116 cm³/mol. The third kappa shape index (κ3) is 5.10. The first-order valence-electron chi connectivity index (χ1n) is 9.63. The molecule has 158 valence electrons. The summed E-state index contributed by atoms with van der Waals surface area (Å²) in [5.41, 5.74) is 5.92. The van der Waals surface area contributed by atoms with E-state index in [1.165, 1.54) is 13.2 Å². The summed E-state index contributed by atoms with van der Waals surface area (Å²) in [5.74, 6) is 0.187. The molecule has 6 heteroatoms. The average Bonchev–Trinajstić information content (AvgIpc) is 2.73. The van der Waals surface area contributed by atoms with E-state index in [-0.39, 0.29) is 17.7 Å². The fourth-order valence-electron chi connectivity index (χ4n) is 3.29. The van der Waals surface area contributed by atoms with Crippen LogP contribution in [0.4, 0.5) is 4.39 Å². The number of hydrogen-bond acceptors (Lipinski definition) is 4. The number of pyridine rings is 1. The Labute approximate surface area is 181 Å². The molecule has 0 spiro atoms. The molecule has 1 heterocycles. The Morgan fingerprint density at radius 3 is 2.40 bits per heavy atom. The summed E-state index contributed by atoms with van der Waals surface area (Å²) in [6, 6.07) is 13.4. The molecule has 0 aliphatic carbocycles. The average molecular weight is 430 g/mol. The molecule has 0 fully saturated rings. The minimum atomic E-state index is -0.558. The Morgan fingerprint density at radius 1 is 1.00 bits per heavy atom. The molecule has 0 aliphatic heterocycles.